The second kappa shape index (κ2) is 8.43. The average Bonchev–Trinajstić information content (AvgIpc) is 2.58. The summed E-state index contributed by atoms with van der Waals surface area (Å²) >= 11 is 0. The van der Waals surface area contributed by atoms with Gasteiger partial charge >= 0.3 is 0 Å². The second-order valence-electron chi connectivity index (χ2n) is 4.69. The molecule has 0 saturated carbocycles. The van der Waals surface area contributed by atoms with Crippen molar-refractivity contribution in [3.8, 4) is 11.5 Å². The minimum Gasteiger partial charge on any atom is -0.492 e. The summed E-state index contributed by atoms with van der Waals surface area (Å²) in [6.07, 6.45) is 0. The molecule has 0 bridgehead atoms. The molecule has 2 aromatic carbocycles. The van der Waals surface area contributed by atoms with E-state index in [2.05, 4.69) is 5.32 Å². The summed E-state index contributed by atoms with van der Waals surface area (Å²) in [5.74, 6) is 0.492. The monoisotopic (exact) mass is 314 g/mol. The van der Waals surface area contributed by atoms with Crippen molar-refractivity contribution in [3.05, 3.63) is 60.2 Å². The highest BCUT2D eigenvalue weighted by atomic mass is 16.5. The average molecular weight is 314 g/mol. The molecule has 0 radical (unpaired) electrons. The van der Waals surface area contributed by atoms with Crippen LogP contribution in [0.15, 0.2) is 54.6 Å². The SMILES string of the molecule is NC(=O)c1ccc(OCC(=O)NCCOc2ccccc2)cc1. The van der Waals surface area contributed by atoms with Crippen molar-refractivity contribution in [1.29, 1.82) is 0 Å². The van der Waals surface area contributed by atoms with E-state index in [1.54, 1.807) is 24.3 Å². The molecular weight excluding hydrogens is 296 g/mol. The smallest absolute Gasteiger partial charge is 0.258 e. The number of ether oxygens (including phenoxy) is 2. The first-order valence-corrected chi connectivity index (χ1v) is 7.12. The first-order valence-electron chi connectivity index (χ1n) is 7.12. The van der Waals surface area contributed by atoms with Gasteiger partial charge in [-0.05, 0) is 36.4 Å². The van der Waals surface area contributed by atoms with E-state index in [0.29, 0.717) is 24.5 Å². The highest BCUT2D eigenvalue weighted by Gasteiger charge is 2.04. The Morgan fingerprint density at radius 3 is 2.22 bits per heavy atom. The normalized spacial score (nSPS) is 9.91. The summed E-state index contributed by atoms with van der Waals surface area (Å²) in [5, 5.41) is 2.69. The quantitative estimate of drug-likeness (QED) is 0.720. The van der Waals surface area contributed by atoms with Gasteiger partial charge in [0.15, 0.2) is 6.61 Å². The topological polar surface area (TPSA) is 90.7 Å². The van der Waals surface area contributed by atoms with E-state index >= 15 is 0 Å². The van der Waals surface area contributed by atoms with Crippen molar-refractivity contribution in [2.75, 3.05) is 19.8 Å². The van der Waals surface area contributed by atoms with Crippen molar-refractivity contribution in [3.63, 3.8) is 0 Å². The first-order chi connectivity index (χ1) is 11.1. The molecule has 2 amide bonds. The van der Waals surface area contributed by atoms with Gasteiger partial charge in [0.25, 0.3) is 5.91 Å². The van der Waals surface area contributed by atoms with Crippen molar-refractivity contribution in [1.82, 2.24) is 5.32 Å². The number of carbonyl (C=O) groups excluding carboxylic acids is 2. The Morgan fingerprint density at radius 1 is 0.913 bits per heavy atom. The molecule has 0 heterocycles. The Kier molecular flexibility index (Phi) is 5.99. The summed E-state index contributed by atoms with van der Waals surface area (Å²) in [6.45, 7) is 0.655. The zero-order chi connectivity index (χ0) is 16.5. The third kappa shape index (κ3) is 5.70. The van der Waals surface area contributed by atoms with Gasteiger partial charge < -0.3 is 20.5 Å². The molecule has 0 aliphatic rings. The number of primary amides is 1. The molecule has 0 saturated heterocycles. The maximum Gasteiger partial charge on any atom is 0.258 e. The van der Waals surface area contributed by atoms with Gasteiger partial charge in [-0.3, -0.25) is 9.59 Å². The van der Waals surface area contributed by atoms with E-state index in [0.717, 1.165) is 5.75 Å². The first kappa shape index (κ1) is 16.4. The Hall–Kier alpha value is -3.02. The Balaban J connectivity index is 1.64. The fraction of sp³-hybridized carbons (Fsp3) is 0.176. The van der Waals surface area contributed by atoms with E-state index in [1.807, 2.05) is 30.3 Å². The highest BCUT2D eigenvalue weighted by molar-refractivity contribution is 5.92. The summed E-state index contributed by atoms with van der Waals surface area (Å²) in [5.41, 5.74) is 5.53. The van der Waals surface area contributed by atoms with Crippen molar-refractivity contribution >= 4 is 11.8 Å². The number of nitrogens with two attached hydrogens (primary N) is 1. The standard InChI is InChI=1S/C17H18N2O4/c18-17(21)13-6-8-15(9-7-13)23-12-16(20)19-10-11-22-14-4-2-1-3-5-14/h1-9H,10-12H2,(H2,18,21)(H,19,20). The van der Waals surface area contributed by atoms with Crippen LogP contribution in [0.4, 0.5) is 0 Å². The molecule has 2 aromatic rings. The lowest BCUT2D eigenvalue weighted by molar-refractivity contribution is -0.123. The minimum absolute atomic E-state index is 0.110. The van der Waals surface area contributed by atoms with E-state index in [4.69, 9.17) is 15.2 Å². The van der Waals surface area contributed by atoms with Crippen LogP contribution in [0.2, 0.25) is 0 Å². The van der Waals surface area contributed by atoms with Crippen LogP contribution >= 0.6 is 0 Å². The van der Waals surface area contributed by atoms with Crippen LogP contribution in [0.1, 0.15) is 10.4 Å². The Bertz CT molecular complexity index is 641. The number of nitrogens with one attached hydrogen (secondary N) is 1. The molecule has 0 aliphatic heterocycles. The van der Waals surface area contributed by atoms with Crippen molar-refractivity contribution < 1.29 is 19.1 Å². The van der Waals surface area contributed by atoms with E-state index in [1.165, 1.54) is 0 Å². The number of hydrogen-bond donors (Lipinski definition) is 2. The van der Waals surface area contributed by atoms with Gasteiger partial charge in [0, 0.05) is 5.56 Å². The number of amides is 2. The molecule has 120 valence electrons. The van der Waals surface area contributed by atoms with Gasteiger partial charge in [-0.2, -0.15) is 0 Å². The lowest BCUT2D eigenvalue weighted by atomic mass is 10.2. The lowest BCUT2D eigenvalue weighted by Gasteiger charge is -2.09. The number of para-hydroxylation sites is 1. The lowest BCUT2D eigenvalue weighted by Crippen LogP contribution is -2.32. The number of rotatable bonds is 8. The molecule has 6 heteroatoms. The number of benzene rings is 2. The van der Waals surface area contributed by atoms with Gasteiger partial charge in [-0.15, -0.1) is 0 Å². The molecular formula is C17H18N2O4. The largest absolute Gasteiger partial charge is 0.492 e. The van der Waals surface area contributed by atoms with Gasteiger partial charge in [-0.25, -0.2) is 0 Å². The maximum atomic E-state index is 11.6. The van der Waals surface area contributed by atoms with Gasteiger partial charge in [0.2, 0.25) is 5.91 Å². The van der Waals surface area contributed by atoms with Crippen LogP contribution in [-0.4, -0.2) is 31.6 Å². The Labute approximate surface area is 134 Å². The molecule has 0 spiro atoms. The molecule has 0 atom stereocenters. The van der Waals surface area contributed by atoms with Crippen LogP contribution in [0.25, 0.3) is 0 Å². The van der Waals surface area contributed by atoms with E-state index in [9.17, 15) is 9.59 Å². The van der Waals surface area contributed by atoms with Crippen LogP contribution in [-0.2, 0) is 4.79 Å². The van der Waals surface area contributed by atoms with Gasteiger partial charge in [0.1, 0.15) is 18.1 Å². The highest BCUT2D eigenvalue weighted by Crippen LogP contribution is 2.11. The molecule has 6 nitrogen and oxygen atoms in total. The summed E-state index contributed by atoms with van der Waals surface area (Å²) in [7, 11) is 0. The Morgan fingerprint density at radius 2 is 1.57 bits per heavy atom. The molecule has 0 fully saturated rings. The summed E-state index contributed by atoms with van der Waals surface area (Å²) in [6, 6.07) is 15.6. The zero-order valence-corrected chi connectivity index (χ0v) is 12.5. The third-order valence-electron chi connectivity index (χ3n) is 2.94. The number of carbonyl (C=O) groups is 2. The molecule has 0 unspecified atom stereocenters. The molecule has 2 rings (SSSR count). The van der Waals surface area contributed by atoms with E-state index < -0.39 is 5.91 Å². The van der Waals surface area contributed by atoms with Crippen LogP contribution in [0.3, 0.4) is 0 Å². The van der Waals surface area contributed by atoms with Crippen LogP contribution in [0, 0.1) is 0 Å². The maximum absolute atomic E-state index is 11.6. The summed E-state index contributed by atoms with van der Waals surface area (Å²) in [4.78, 5) is 22.6. The van der Waals surface area contributed by atoms with E-state index in [-0.39, 0.29) is 12.5 Å². The minimum atomic E-state index is -0.507. The second-order valence-corrected chi connectivity index (χ2v) is 4.69. The molecule has 3 N–H and O–H groups in total. The van der Waals surface area contributed by atoms with Gasteiger partial charge in [-0.1, -0.05) is 18.2 Å². The van der Waals surface area contributed by atoms with Crippen molar-refractivity contribution in [2.45, 2.75) is 0 Å². The summed E-state index contributed by atoms with van der Waals surface area (Å²) < 4.78 is 10.8. The third-order valence-corrected chi connectivity index (χ3v) is 2.94. The predicted molar refractivity (Wildman–Crippen MR) is 85.4 cm³/mol. The predicted octanol–water partition coefficient (Wildman–Crippen LogP) is 1.36. The van der Waals surface area contributed by atoms with Gasteiger partial charge in [0.05, 0.1) is 6.54 Å². The fourth-order valence-electron chi connectivity index (χ4n) is 1.79. The molecule has 23 heavy (non-hydrogen) atoms. The van der Waals surface area contributed by atoms with Crippen LogP contribution in [0.5, 0.6) is 11.5 Å². The number of hydrogen-bond acceptors (Lipinski definition) is 4. The fourth-order valence-corrected chi connectivity index (χ4v) is 1.79. The van der Waals surface area contributed by atoms with Crippen molar-refractivity contribution in [2.24, 2.45) is 5.73 Å². The van der Waals surface area contributed by atoms with Crippen LogP contribution < -0.4 is 20.5 Å². The zero-order valence-electron chi connectivity index (χ0n) is 12.5. The molecule has 0 aromatic heterocycles. The molecule has 0 aliphatic carbocycles.